The summed E-state index contributed by atoms with van der Waals surface area (Å²) in [7, 11) is 0. The van der Waals surface area contributed by atoms with Crippen molar-refractivity contribution >= 4 is 41.2 Å². The summed E-state index contributed by atoms with van der Waals surface area (Å²) in [5.74, 6) is -1.01. The molecule has 0 radical (unpaired) electrons. The standard InChI is InChI=1S/C29H42ClN9O6/c1-29(2,3)45-28(44)38(16-17-39-11-8-31-34-39)19-24(40)32-22-4-5-23(33-26(22)30)27(43)37-14-12-36(13-15-37)18-21-6-9-35(10-7-21)20-25(41)42/h4-5,8,11,21H,6-7,9-10,12-20H2,1-3H3,(H,32,40)(H,41,42). The Morgan fingerprint density at radius 2 is 1.78 bits per heavy atom. The third kappa shape index (κ3) is 10.6. The first-order valence-electron chi connectivity index (χ1n) is 15.1. The molecule has 2 saturated heterocycles. The molecule has 0 aliphatic carbocycles. The largest absolute Gasteiger partial charge is 0.480 e. The summed E-state index contributed by atoms with van der Waals surface area (Å²) in [5, 5.41) is 19.3. The van der Waals surface area contributed by atoms with Gasteiger partial charge in [0, 0.05) is 45.5 Å². The highest BCUT2D eigenvalue weighted by Crippen LogP contribution is 2.22. The second-order valence-electron chi connectivity index (χ2n) is 12.4. The number of piperazine rings is 1. The third-order valence-corrected chi connectivity index (χ3v) is 7.93. The van der Waals surface area contributed by atoms with Crippen molar-refractivity contribution in [2.24, 2.45) is 5.92 Å². The molecule has 3 amide bonds. The fraction of sp³-hybridized carbons (Fsp3) is 0.621. The number of carbonyl (C=O) groups excluding carboxylic acids is 3. The van der Waals surface area contributed by atoms with Gasteiger partial charge < -0.3 is 20.1 Å². The predicted octanol–water partition coefficient (Wildman–Crippen LogP) is 1.76. The molecule has 0 spiro atoms. The van der Waals surface area contributed by atoms with Crippen molar-refractivity contribution in [3.63, 3.8) is 0 Å². The Kier molecular flexibility index (Phi) is 11.7. The highest BCUT2D eigenvalue weighted by molar-refractivity contribution is 6.32. The Morgan fingerprint density at radius 3 is 2.38 bits per heavy atom. The van der Waals surface area contributed by atoms with Gasteiger partial charge in [0.15, 0.2) is 5.15 Å². The van der Waals surface area contributed by atoms with Crippen LogP contribution in [0.25, 0.3) is 0 Å². The molecule has 0 aromatic carbocycles. The molecule has 2 aromatic heterocycles. The number of anilines is 1. The van der Waals surface area contributed by atoms with Gasteiger partial charge in [0.05, 0.1) is 25.0 Å². The monoisotopic (exact) mass is 647 g/mol. The lowest BCUT2D eigenvalue weighted by Gasteiger charge is -2.38. The Hall–Kier alpha value is -3.82. The van der Waals surface area contributed by atoms with E-state index in [2.05, 4.69) is 25.5 Å². The minimum absolute atomic E-state index is 0.0338. The van der Waals surface area contributed by atoms with Crippen LogP contribution in [0.4, 0.5) is 10.5 Å². The average Bonchev–Trinajstić information content (AvgIpc) is 3.50. The van der Waals surface area contributed by atoms with E-state index < -0.39 is 23.6 Å². The number of nitrogens with one attached hydrogen (secondary N) is 1. The SMILES string of the molecule is CC(C)(C)OC(=O)N(CCn1ccnn1)CC(=O)Nc1ccc(C(=O)N2CCN(CC3CCN(CC(=O)O)CC3)CC2)nc1Cl. The maximum absolute atomic E-state index is 13.2. The first kappa shape index (κ1) is 34.1. The molecule has 0 bridgehead atoms. The van der Waals surface area contributed by atoms with Gasteiger partial charge in [0.1, 0.15) is 17.8 Å². The molecule has 0 atom stereocenters. The summed E-state index contributed by atoms with van der Waals surface area (Å²) in [6.45, 7) is 10.6. The fourth-order valence-electron chi connectivity index (χ4n) is 5.33. The summed E-state index contributed by atoms with van der Waals surface area (Å²) in [5.41, 5.74) is -0.345. The van der Waals surface area contributed by atoms with Crippen LogP contribution < -0.4 is 5.32 Å². The molecule has 2 aromatic rings. The number of likely N-dealkylation sites (tertiary alicyclic amines) is 1. The van der Waals surface area contributed by atoms with Crippen LogP contribution in [-0.4, -0.2) is 140 Å². The molecule has 15 nitrogen and oxygen atoms in total. The lowest BCUT2D eigenvalue weighted by molar-refractivity contribution is -0.138. The number of halogens is 1. The van der Waals surface area contributed by atoms with Crippen LogP contribution in [0.2, 0.25) is 5.15 Å². The highest BCUT2D eigenvalue weighted by Gasteiger charge is 2.28. The number of carbonyl (C=O) groups is 4. The van der Waals surface area contributed by atoms with Crippen molar-refractivity contribution in [3.05, 3.63) is 35.4 Å². The smallest absolute Gasteiger partial charge is 0.410 e. The van der Waals surface area contributed by atoms with Crippen LogP contribution in [-0.2, 0) is 20.9 Å². The van der Waals surface area contributed by atoms with Crippen molar-refractivity contribution in [1.29, 1.82) is 0 Å². The molecule has 0 saturated carbocycles. The molecular formula is C29H42ClN9O6. The van der Waals surface area contributed by atoms with Gasteiger partial charge in [0.2, 0.25) is 5.91 Å². The van der Waals surface area contributed by atoms with Crippen LogP contribution in [0.15, 0.2) is 24.5 Å². The lowest BCUT2D eigenvalue weighted by Crippen LogP contribution is -2.50. The molecule has 2 fully saturated rings. The normalized spacial score (nSPS) is 16.8. The number of aliphatic carboxylic acids is 1. The number of piperidine rings is 1. The van der Waals surface area contributed by atoms with Crippen molar-refractivity contribution < 1.29 is 29.0 Å². The summed E-state index contributed by atoms with van der Waals surface area (Å²) in [4.78, 5) is 61.4. The Bertz CT molecular complexity index is 1320. The van der Waals surface area contributed by atoms with E-state index >= 15 is 0 Å². The van der Waals surface area contributed by atoms with E-state index in [0.717, 1.165) is 45.6 Å². The van der Waals surface area contributed by atoms with E-state index in [0.29, 0.717) is 25.6 Å². The maximum Gasteiger partial charge on any atom is 0.410 e. The number of rotatable bonds is 11. The summed E-state index contributed by atoms with van der Waals surface area (Å²) >= 11 is 6.38. The second kappa shape index (κ2) is 15.5. The van der Waals surface area contributed by atoms with Crippen LogP contribution in [0.5, 0.6) is 0 Å². The number of hydrogen-bond acceptors (Lipinski definition) is 10. The van der Waals surface area contributed by atoms with Crippen LogP contribution in [0, 0.1) is 5.92 Å². The molecule has 45 heavy (non-hydrogen) atoms. The average molecular weight is 648 g/mol. The second-order valence-corrected chi connectivity index (χ2v) is 12.7. The molecule has 16 heteroatoms. The number of carboxylic acids is 1. The van der Waals surface area contributed by atoms with E-state index in [1.54, 1.807) is 36.5 Å². The Morgan fingerprint density at radius 1 is 1.07 bits per heavy atom. The van der Waals surface area contributed by atoms with Crippen LogP contribution >= 0.6 is 11.6 Å². The van der Waals surface area contributed by atoms with Crippen molar-refractivity contribution in [1.82, 2.24) is 39.6 Å². The van der Waals surface area contributed by atoms with Crippen molar-refractivity contribution in [2.45, 2.75) is 45.8 Å². The van der Waals surface area contributed by atoms with Gasteiger partial charge in [-0.15, -0.1) is 5.10 Å². The number of ether oxygens (including phenoxy) is 1. The Balaban J connectivity index is 1.26. The zero-order valence-corrected chi connectivity index (χ0v) is 26.8. The minimum Gasteiger partial charge on any atom is -0.480 e. The number of hydrogen-bond donors (Lipinski definition) is 2. The van der Waals surface area contributed by atoms with Crippen molar-refractivity contribution in [2.75, 3.05) is 70.8 Å². The molecule has 2 aliphatic heterocycles. The number of aromatic nitrogens is 4. The van der Waals surface area contributed by atoms with Gasteiger partial charge in [-0.05, 0) is 64.8 Å². The van der Waals surface area contributed by atoms with Gasteiger partial charge in [-0.25, -0.2) is 9.78 Å². The van der Waals surface area contributed by atoms with Crippen LogP contribution in [0.3, 0.4) is 0 Å². The van der Waals surface area contributed by atoms with Gasteiger partial charge in [-0.3, -0.25) is 33.8 Å². The topological polar surface area (TPSA) is 166 Å². The van der Waals surface area contributed by atoms with Gasteiger partial charge in [-0.2, -0.15) is 0 Å². The van der Waals surface area contributed by atoms with E-state index in [4.69, 9.17) is 21.4 Å². The molecule has 246 valence electrons. The van der Waals surface area contributed by atoms with Crippen molar-refractivity contribution in [3.8, 4) is 0 Å². The van der Waals surface area contributed by atoms with E-state index in [9.17, 15) is 19.2 Å². The zero-order valence-electron chi connectivity index (χ0n) is 26.0. The molecular weight excluding hydrogens is 606 g/mol. The molecule has 4 heterocycles. The maximum atomic E-state index is 13.2. The molecule has 0 unspecified atom stereocenters. The number of nitrogens with zero attached hydrogens (tertiary/aromatic N) is 8. The molecule has 2 aliphatic rings. The van der Waals surface area contributed by atoms with Crippen LogP contribution in [0.1, 0.15) is 44.1 Å². The first-order valence-corrected chi connectivity index (χ1v) is 15.5. The number of pyridine rings is 1. The highest BCUT2D eigenvalue weighted by atomic mass is 35.5. The fourth-order valence-corrected chi connectivity index (χ4v) is 5.53. The predicted molar refractivity (Wildman–Crippen MR) is 165 cm³/mol. The van der Waals surface area contributed by atoms with Gasteiger partial charge in [-0.1, -0.05) is 16.8 Å². The molecule has 4 rings (SSSR count). The van der Waals surface area contributed by atoms with Gasteiger partial charge in [0.25, 0.3) is 5.91 Å². The van der Waals surface area contributed by atoms with Gasteiger partial charge >= 0.3 is 12.1 Å². The quantitative estimate of drug-likeness (QED) is 0.341. The Labute approximate surface area is 267 Å². The van der Waals surface area contributed by atoms with E-state index in [1.807, 2.05) is 4.90 Å². The summed E-state index contributed by atoms with van der Waals surface area (Å²) in [6, 6.07) is 3.05. The third-order valence-electron chi connectivity index (χ3n) is 7.64. The number of amides is 3. The van der Waals surface area contributed by atoms with E-state index in [1.165, 1.54) is 23.2 Å². The first-order chi connectivity index (χ1) is 21.4. The van der Waals surface area contributed by atoms with E-state index in [-0.39, 0.29) is 42.1 Å². The zero-order chi connectivity index (χ0) is 32.6. The summed E-state index contributed by atoms with van der Waals surface area (Å²) < 4.78 is 7.01. The minimum atomic E-state index is -0.789. The lowest BCUT2D eigenvalue weighted by atomic mass is 9.96. The number of carboxylic acid groups (broad SMARTS) is 1. The summed E-state index contributed by atoms with van der Waals surface area (Å²) in [6.07, 6.45) is 4.47. The molecule has 2 N–H and O–H groups in total.